The number of hydrogen-bond acceptors (Lipinski definition) is 2. The van der Waals surface area contributed by atoms with E-state index in [9.17, 15) is 17.6 Å². The van der Waals surface area contributed by atoms with Crippen LogP contribution < -0.4 is 0 Å². The topological polar surface area (TPSA) is 23.5 Å². The number of alkyl halides is 3. The molecule has 0 unspecified atom stereocenters. The second kappa shape index (κ2) is 5.97. The minimum atomic E-state index is -4.33. The van der Waals surface area contributed by atoms with E-state index in [2.05, 4.69) is 0 Å². The zero-order valence-electron chi connectivity index (χ0n) is 9.04. The minimum absolute atomic E-state index is 0.0438. The Morgan fingerprint density at radius 1 is 1.24 bits per heavy atom. The fourth-order valence-electron chi connectivity index (χ4n) is 1.50. The van der Waals surface area contributed by atoms with Crippen LogP contribution >= 0.6 is 0 Å². The van der Waals surface area contributed by atoms with Gasteiger partial charge in [0, 0.05) is 13.1 Å². The van der Waals surface area contributed by atoms with Crippen LogP contribution in [0.2, 0.25) is 0 Å². The van der Waals surface area contributed by atoms with Gasteiger partial charge in [0.2, 0.25) is 0 Å². The van der Waals surface area contributed by atoms with Gasteiger partial charge in [0.05, 0.1) is 13.2 Å². The first-order chi connectivity index (χ1) is 7.90. The fraction of sp³-hybridized carbons (Fsp3) is 0.455. The molecule has 0 aliphatic heterocycles. The van der Waals surface area contributed by atoms with Crippen molar-refractivity contribution < 1.29 is 22.7 Å². The second-order valence-electron chi connectivity index (χ2n) is 3.68. The normalized spacial score (nSPS) is 12.1. The summed E-state index contributed by atoms with van der Waals surface area (Å²) >= 11 is 0. The zero-order valence-corrected chi connectivity index (χ0v) is 9.04. The summed E-state index contributed by atoms with van der Waals surface area (Å²) in [4.78, 5) is 1.02. The first-order valence-corrected chi connectivity index (χ1v) is 5.05. The number of benzene rings is 1. The lowest BCUT2D eigenvalue weighted by Crippen LogP contribution is -2.35. The molecule has 0 atom stereocenters. The Morgan fingerprint density at radius 2 is 1.94 bits per heavy atom. The molecule has 6 heteroatoms. The number of rotatable bonds is 5. The largest absolute Gasteiger partial charge is 0.401 e. The van der Waals surface area contributed by atoms with Gasteiger partial charge in [-0.3, -0.25) is 4.90 Å². The van der Waals surface area contributed by atoms with Crippen molar-refractivity contribution in [3.8, 4) is 0 Å². The summed E-state index contributed by atoms with van der Waals surface area (Å²) in [6, 6.07) is 5.39. The Balaban J connectivity index is 2.66. The molecular weight excluding hydrogens is 238 g/mol. The number of aliphatic hydroxyl groups is 1. The highest BCUT2D eigenvalue weighted by Crippen LogP contribution is 2.18. The number of nitrogens with zero attached hydrogens (tertiary/aromatic N) is 1. The van der Waals surface area contributed by atoms with E-state index in [4.69, 9.17) is 5.11 Å². The first kappa shape index (κ1) is 13.9. The Morgan fingerprint density at radius 3 is 2.47 bits per heavy atom. The van der Waals surface area contributed by atoms with Gasteiger partial charge >= 0.3 is 6.18 Å². The summed E-state index contributed by atoms with van der Waals surface area (Å²) in [5, 5.41) is 8.68. The molecule has 2 nitrogen and oxygen atoms in total. The molecule has 0 aromatic heterocycles. The van der Waals surface area contributed by atoms with Crippen molar-refractivity contribution in [2.75, 3.05) is 19.7 Å². The average molecular weight is 251 g/mol. The van der Waals surface area contributed by atoms with Crippen LogP contribution in [0.3, 0.4) is 0 Å². The van der Waals surface area contributed by atoms with Gasteiger partial charge in [-0.15, -0.1) is 0 Å². The summed E-state index contributed by atoms with van der Waals surface area (Å²) in [5.41, 5.74) is 0.447. The SMILES string of the molecule is OCCN(Cc1cccc(F)c1)CC(F)(F)F. The van der Waals surface area contributed by atoms with Gasteiger partial charge in [0.15, 0.2) is 0 Å². The third-order valence-electron chi connectivity index (χ3n) is 2.11. The van der Waals surface area contributed by atoms with Crippen LogP contribution in [0, 0.1) is 5.82 Å². The van der Waals surface area contributed by atoms with Gasteiger partial charge in [-0.2, -0.15) is 13.2 Å². The van der Waals surface area contributed by atoms with E-state index in [0.717, 1.165) is 4.90 Å². The van der Waals surface area contributed by atoms with Crippen LogP contribution in [0.25, 0.3) is 0 Å². The third-order valence-corrected chi connectivity index (χ3v) is 2.11. The maximum atomic E-state index is 12.9. The molecule has 1 rings (SSSR count). The zero-order chi connectivity index (χ0) is 12.9. The molecular formula is C11H13F4NO. The van der Waals surface area contributed by atoms with Crippen LogP contribution in [0.4, 0.5) is 17.6 Å². The van der Waals surface area contributed by atoms with E-state index in [0.29, 0.717) is 5.56 Å². The molecule has 0 saturated heterocycles. The predicted molar refractivity (Wildman–Crippen MR) is 54.8 cm³/mol. The van der Waals surface area contributed by atoms with E-state index in [-0.39, 0.29) is 19.7 Å². The van der Waals surface area contributed by atoms with E-state index < -0.39 is 18.5 Å². The standard InChI is InChI=1S/C11H13F4NO/c12-10-3-1-2-9(6-10)7-16(4-5-17)8-11(13,14)15/h1-3,6,17H,4-5,7-8H2. The monoisotopic (exact) mass is 251 g/mol. The number of hydrogen-bond donors (Lipinski definition) is 1. The molecule has 1 N–H and O–H groups in total. The summed E-state index contributed by atoms with van der Waals surface area (Å²) in [7, 11) is 0. The van der Waals surface area contributed by atoms with Crippen molar-refractivity contribution in [1.29, 1.82) is 0 Å². The molecule has 0 bridgehead atoms. The minimum Gasteiger partial charge on any atom is -0.395 e. The van der Waals surface area contributed by atoms with Crippen LogP contribution in [0.5, 0.6) is 0 Å². The predicted octanol–water partition coefficient (Wildman–Crippen LogP) is 2.18. The molecule has 0 spiro atoms. The Bertz CT molecular complexity index is 354. The third kappa shape index (κ3) is 5.65. The van der Waals surface area contributed by atoms with Crippen molar-refractivity contribution in [3.05, 3.63) is 35.6 Å². The molecule has 0 radical (unpaired) electrons. The summed E-state index contributed by atoms with van der Waals surface area (Å²) in [6.45, 7) is -1.64. The van der Waals surface area contributed by atoms with Gasteiger partial charge in [-0.1, -0.05) is 12.1 Å². The lowest BCUT2D eigenvalue weighted by molar-refractivity contribution is -0.147. The fourth-order valence-corrected chi connectivity index (χ4v) is 1.50. The first-order valence-electron chi connectivity index (χ1n) is 5.05. The molecule has 0 aliphatic carbocycles. The Kier molecular flexibility index (Phi) is 4.89. The van der Waals surface area contributed by atoms with Crippen LogP contribution in [0.1, 0.15) is 5.56 Å². The van der Waals surface area contributed by atoms with Crippen molar-refractivity contribution in [2.24, 2.45) is 0 Å². The van der Waals surface area contributed by atoms with E-state index in [1.165, 1.54) is 18.2 Å². The highest BCUT2D eigenvalue weighted by atomic mass is 19.4. The van der Waals surface area contributed by atoms with Gasteiger partial charge in [0.1, 0.15) is 5.82 Å². The Labute approximate surface area is 96.5 Å². The maximum absolute atomic E-state index is 12.9. The lowest BCUT2D eigenvalue weighted by Gasteiger charge is -2.22. The van der Waals surface area contributed by atoms with E-state index in [1.54, 1.807) is 6.07 Å². The smallest absolute Gasteiger partial charge is 0.395 e. The highest BCUT2D eigenvalue weighted by molar-refractivity contribution is 5.16. The molecule has 96 valence electrons. The summed E-state index contributed by atoms with van der Waals surface area (Å²) in [6.07, 6.45) is -4.33. The average Bonchev–Trinajstić information content (AvgIpc) is 2.15. The molecule has 1 aromatic rings. The van der Waals surface area contributed by atoms with Crippen LogP contribution in [-0.2, 0) is 6.54 Å². The summed E-state index contributed by atoms with van der Waals surface area (Å²) in [5.74, 6) is -0.488. The molecule has 0 saturated carbocycles. The molecule has 0 aliphatic rings. The van der Waals surface area contributed by atoms with Gasteiger partial charge in [0.25, 0.3) is 0 Å². The molecule has 17 heavy (non-hydrogen) atoms. The molecule has 1 aromatic carbocycles. The van der Waals surface area contributed by atoms with Crippen molar-refractivity contribution in [3.63, 3.8) is 0 Å². The van der Waals surface area contributed by atoms with Gasteiger partial charge in [-0.05, 0) is 17.7 Å². The van der Waals surface area contributed by atoms with Crippen LogP contribution in [0.15, 0.2) is 24.3 Å². The van der Waals surface area contributed by atoms with E-state index >= 15 is 0 Å². The quantitative estimate of drug-likeness (QED) is 0.811. The van der Waals surface area contributed by atoms with Gasteiger partial charge < -0.3 is 5.11 Å². The number of halogens is 4. The highest BCUT2D eigenvalue weighted by Gasteiger charge is 2.30. The van der Waals surface area contributed by atoms with Crippen molar-refractivity contribution in [2.45, 2.75) is 12.7 Å². The van der Waals surface area contributed by atoms with Crippen molar-refractivity contribution in [1.82, 2.24) is 4.90 Å². The second-order valence-corrected chi connectivity index (χ2v) is 3.68. The van der Waals surface area contributed by atoms with Gasteiger partial charge in [-0.25, -0.2) is 4.39 Å². The summed E-state index contributed by atoms with van der Waals surface area (Å²) < 4.78 is 49.5. The van der Waals surface area contributed by atoms with E-state index in [1.807, 2.05) is 0 Å². The van der Waals surface area contributed by atoms with Crippen LogP contribution in [-0.4, -0.2) is 35.9 Å². The maximum Gasteiger partial charge on any atom is 0.401 e. The lowest BCUT2D eigenvalue weighted by atomic mass is 10.2. The molecule has 0 amide bonds. The van der Waals surface area contributed by atoms with Crippen molar-refractivity contribution >= 4 is 0 Å². The Hall–Kier alpha value is -1.14. The number of aliphatic hydroxyl groups excluding tert-OH is 1. The molecule has 0 heterocycles. The molecule has 0 fully saturated rings.